The third-order valence-corrected chi connectivity index (χ3v) is 5.18. The summed E-state index contributed by atoms with van der Waals surface area (Å²) in [6, 6.07) is 21.4. The highest BCUT2D eigenvalue weighted by atomic mass is 16.5. The van der Waals surface area contributed by atoms with Gasteiger partial charge in [0.2, 0.25) is 0 Å². The first-order valence-electron chi connectivity index (χ1n) is 9.68. The Morgan fingerprint density at radius 1 is 0.964 bits per heavy atom. The molecule has 1 atom stereocenters. The van der Waals surface area contributed by atoms with Gasteiger partial charge in [-0.25, -0.2) is 0 Å². The van der Waals surface area contributed by atoms with Crippen LogP contribution in [-0.4, -0.2) is 47.5 Å². The Kier molecular flexibility index (Phi) is 5.60. The average molecular weight is 375 g/mol. The minimum absolute atomic E-state index is 0.277. The fourth-order valence-corrected chi connectivity index (χ4v) is 3.67. The molecule has 28 heavy (non-hydrogen) atoms. The highest BCUT2D eigenvalue weighted by Crippen LogP contribution is 2.26. The van der Waals surface area contributed by atoms with Crippen LogP contribution in [0.25, 0.3) is 16.3 Å². The van der Waals surface area contributed by atoms with E-state index in [4.69, 9.17) is 4.74 Å². The lowest BCUT2D eigenvalue weighted by atomic mass is 9.99. The normalized spacial score (nSPS) is 16.0. The van der Waals surface area contributed by atoms with Crippen LogP contribution in [0, 0.1) is 0 Å². The van der Waals surface area contributed by atoms with Gasteiger partial charge in [-0.2, -0.15) is 0 Å². The molecule has 0 bridgehead atoms. The second-order valence-corrected chi connectivity index (χ2v) is 7.23. The van der Waals surface area contributed by atoms with Gasteiger partial charge in [0.1, 0.15) is 24.2 Å². The Bertz CT molecular complexity index is 960. The molecule has 1 aliphatic rings. The number of rotatable bonds is 6. The van der Waals surface area contributed by atoms with E-state index < -0.39 is 6.10 Å². The number of phenolic OH excluding ortho intramolecular Hbond substituents is 1. The van der Waals surface area contributed by atoms with E-state index in [2.05, 4.69) is 23.1 Å². The molecule has 0 saturated carbocycles. The Morgan fingerprint density at radius 3 is 2.54 bits per heavy atom. The molecule has 0 aromatic heterocycles. The lowest BCUT2D eigenvalue weighted by Gasteiger charge is -2.28. The molecule has 1 unspecified atom stereocenters. The van der Waals surface area contributed by atoms with Crippen LogP contribution >= 0.6 is 0 Å². The van der Waals surface area contributed by atoms with Crippen molar-refractivity contribution in [3.05, 3.63) is 78.4 Å². The van der Waals surface area contributed by atoms with E-state index in [1.807, 2.05) is 42.5 Å². The molecule has 4 heteroatoms. The van der Waals surface area contributed by atoms with Gasteiger partial charge < -0.3 is 14.9 Å². The molecular formula is C24H25NO3. The molecule has 1 aliphatic heterocycles. The van der Waals surface area contributed by atoms with Crippen molar-refractivity contribution < 1.29 is 14.9 Å². The number of aromatic hydroxyl groups is 1. The zero-order chi connectivity index (χ0) is 19.3. The molecule has 1 heterocycles. The van der Waals surface area contributed by atoms with Gasteiger partial charge in [-0.05, 0) is 41.1 Å². The average Bonchev–Trinajstić information content (AvgIpc) is 2.73. The van der Waals surface area contributed by atoms with Gasteiger partial charge in [-0.3, -0.25) is 4.90 Å². The predicted molar refractivity (Wildman–Crippen MR) is 113 cm³/mol. The third-order valence-electron chi connectivity index (χ3n) is 5.18. The van der Waals surface area contributed by atoms with Crippen molar-refractivity contribution in [2.24, 2.45) is 0 Å². The summed E-state index contributed by atoms with van der Waals surface area (Å²) in [5.74, 6) is 1.10. The Morgan fingerprint density at radius 2 is 1.75 bits per heavy atom. The summed E-state index contributed by atoms with van der Waals surface area (Å²) in [5.41, 5.74) is 2.44. The number of ether oxygens (including phenoxy) is 1. The number of hydrogen-bond acceptors (Lipinski definition) is 4. The molecular weight excluding hydrogens is 350 g/mol. The lowest BCUT2D eigenvalue weighted by molar-refractivity contribution is 0.0722. The van der Waals surface area contributed by atoms with Crippen LogP contribution in [0.3, 0.4) is 0 Å². The molecule has 4 rings (SSSR count). The van der Waals surface area contributed by atoms with Crippen LogP contribution in [0.2, 0.25) is 0 Å². The molecule has 144 valence electrons. The van der Waals surface area contributed by atoms with Crippen molar-refractivity contribution in [1.29, 1.82) is 0 Å². The summed E-state index contributed by atoms with van der Waals surface area (Å²) in [6.45, 7) is 2.57. The van der Waals surface area contributed by atoms with Crippen LogP contribution in [0.5, 0.6) is 11.5 Å². The van der Waals surface area contributed by atoms with Gasteiger partial charge in [0, 0.05) is 25.0 Å². The van der Waals surface area contributed by atoms with Gasteiger partial charge in [0.25, 0.3) is 0 Å². The van der Waals surface area contributed by atoms with Gasteiger partial charge in [0.05, 0.1) is 0 Å². The summed E-state index contributed by atoms with van der Waals surface area (Å²) >= 11 is 0. The number of aliphatic hydroxyl groups excluding tert-OH is 1. The first kappa shape index (κ1) is 18.5. The molecule has 0 saturated heterocycles. The van der Waals surface area contributed by atoms with E-state index >= 15 is 0 Å². The fourth-order valence-electron chi connectivity index (χ4n) is 3.67. The zero-order valence-electron chi connectivity index (χ0n) is 15.8. The molecule has 0 spiro atoms. The highest BCUT2D eigenvalue weighted by molar-refractivity contribution is 5.88. The second-order valence-electron chi connectivity index (χ2n) is 7.23. The summed E-state index contributed by atoms with van der Waals surface area (Å²) in [7, 11) is 0. The van der Waals surface area contributed by atoms with Gasteiger partial charge >= 0.3 is 0 Å². The van der Waals surface area contributed by atoms with Crippen LogP contribution in [0.4, 0.5) is 0 Å². The first-order valence-corrected chi connectivity index (χ1v) is 9.68. The minimum atomic E-state index is -0.539. The van der Waals surface area contributed by atoms with Crippen LogP contribution < -0.4 is 4.74 Å². The van der Waals surface area contributed by atoms with Crippen LogP contribution in [0.1, 0.15) is 12.0 Å². The number of hydrogen-bond donors (Lipinski definition) is 2. The van der Waals surface area contributed by atoms with Crippen LogP contribution in [0.15, 0.2) is 72.8 Å². The molecule has 4 nitrogen and oxygen atoms in total. The first-order chi connectivity index (χ1) is 13.7. The second kappa shape index (κ2) is 8.46. The van der Waals surface area contributed by atoms with Crippen molar-refractivity contribution in [2.75, 3.05) is 26.2 Å². The SMILES string of the molecule is Oc1ccc(C2=CCN(CC(O)COc3cccc4ccccc34)CC2)cc1. The number of β-amino-alcohol motifs (C(OH)–C–C–N with tert-alkyl or cyclic N) is 1. The van der Waals surface area contributed by atoms with E-state index in [0.717, 1.165) is 41.6 Å². The standard InChI is InChI=1S/C24H25NO3/c26-21-10-8-18(9-11-21)19-12-14-25(15-13-19)16-22(27)17-28-24-7-3-5-20-4-1-2-6-23(20)24/h1-12,22,26-27H,13-17H2. The molecule has 0 fully saturated rings. The molecule has 3 aromatic rings. The number of nitrogens with zero attached hydrogens (tertiary/aromatic N) is 1. The maximum Gasteiger partial charge on any atom is 0.127 e. The summed E-state index contributed by atoms with van der Waals surface area (Å²) in [6.07, 6.45) is 2.60. The van der Waals surface area contributed by atoms with E-state index in [0.29, 0.717) is 6.54 Å². The van der Waals surface area contributed by atoms with Crippen molar-refractivity contribution in [3.63, 3.8) is 0 Å². The maximum atomic E-state index is 10.4. The topological polar surface area (TPSA) is 52.9 Å². The summed E-state index contributed by atoms with van der Waals surface area (Å²) in [4.78, 5) is 2.24. The lowest BCUT2D eigenvalue weighted by Crippen LogP contribution is -2.38. The van der Waals surface area contributed by atoms with E-state index in [9.17, 15) is 10.2 Å². The number of phenols is 1. The Labute approximate surface area is 165 Å². The smallest absolute Gasteiger partial charge is 0.127 e. The fraction of sp³-hybridized carbons (Fsp3) is 0.250. The van der Waals surface area contributed by atoms with E-state index in [1.54, 1.807) is 12.1 Å². The van der Waals surface area contributed by atoms with Crippen molar-refractivity contribution in [2.45, 2.75) is 12.5 Å². The molecule has 0 amide bonds. The summed E-state index contributed by atoms with van der Waals surface area (Å²) in [5, 5.41) is 22.1. The largest absolute Gasteiger partial charge is 0.508 e. The Balaban J connectivity index is 1.31. The zero-order valence-corrected chi connectivity index (χ0v) is 15.8. The Hall–Kier alpha value is -2.82. The third kappa shape index (κ3) is 4.35. The van der Waals surface area contributed by atoms with Gasteiger partial charge in [-0.15, -0.1) is 0 Å². The van der Waals surface area contributed by atoms with E-state index in [-0.39, 0.29) is 12.4 Å². The molecule has 3 aromatic carbocycles. The molecule has 0 radical (unpaired) electrons. The van der Waals surface area contributed by atoms with Gasteiger partial charge in [0.15, 0.2) is 0 Å². The number of aliphatic hydroxyl groups is 1. The highest BCUT2D eigenvalue weighted by Gasteiger charge is 2.17. The molecule has 2 N–H and O–H groups in total. The number of fused-ring (bicyclic) bond motifs is 1. The van der Waals surface area contributed by atoms with E-state index in [1.165, 1.54) is 5.57 Å². The minimum Gasteiger partial charge on any atom is -0.508 e. The van der Waals surface area contributed by atoms with Crippen molar-refractivity contribution >= 4 is 16.3 Å². The predicted octanol–water partition coefficient (Wildman–Crippen LogP) is 4.07. The van der Waals surface area contributed by atoms with Crippen molar-refractivity contribution in [3.8, 4) is 11.5 Å². The van der Waals surface area contributed by atoms with Crippen LogP contribution in [-0.2, 0) is 0 Å². The number of benzene rings is 3. The quantitative estimate of drug-likeness (QED) is 0.682. The van der Waals surface area contributed by atoms with Gasteiger partial charge in [-0.1, -0.05) is 54.6 Å². The monoisotopic (exact) mass is 375 g/mol. The molecule has 0 aliphatic carbocycles. The van der Waals surface area contributed by atoms with Crippen molar-refractivity contribution in [1.82, 2.24) is 4.90 Å². The maximum absolute atomic E-state index is 10.4. The summed E-state index contributed by atoms with van der Waals surface area (Å²) < 4.78 is 5.91.